The Bertz CT molecular complexity index is 687. The highest BCUT2D eigenvalue weighted by Crippen LogP contribution is 2.43. The summed E-state index contributed by atoms with van der Waals surface area (Å²) in [6, 6.07) is 12.4. The maximum atomic E-state index is 13.1. The number of nitrogens with one attached hydrogen (secondary N) is 1. The number of halogens is 1. The third kappa shape index (κ3) is 2.43. The van der Waals surface area contributed by atoms with Crippen molar-refractivity contribution < 1.29 is 9.31 Å². The molecule has 2 aromatic rings. The summed E-state index contributed by atoms with van der Waals surface area (Å²) in [5.74, 6) is -0.507. The van der Waals surface area contributed by atoms with E-state index in [4.69, 9.17) is 0 Å². The number of benzene rings is 2. The molecule has 3 atom stereocenters. The fourth-order valence-electron chi connectivity index (χ4n) is 3.30. The zero-order valence-electron chi connectivity index (χ0n) is 12.2. The molecule has 0 saturated heterocycles. The quantitative estimate of drug-likeness (QED) is 0.685. The molecule has 22 heavy (non-hydrogen) atoms. The minimum absolute atomic E-state index is 0.164. The molecule has 0 radical (unpaired) electrons. The molecule has 5 heteroatoms. The first kappa shape index (κ1) is 14.5. The van der Waals surface area contributed by atoms with Gasteiger partial charge in [-0.05, 0) is 35.7 Å². The number of para-hydroxylation sites is 1. The monoisotopic (exact) mass is 300 g/mol. The Kier molecular flexibility index (Phi) is 3.79. The second kappa shape index (κ2) is 5.75. The van der Waals surface area contributed by atoms with Gasteiger partial charge in [-0.2, -0.15) is 0 Å². The molecule has 0 saturated carbocycles. The Hall–Kier alpha value is -2.43. The van der Waals surface area contributed by atoms with Gasteiger partial charge in [-0.15, -0.1) is 0 Å². The third-order valence-corrected chi connectivity index (χ3v) is 4.34. The van der Waals surface area contributed by atoms with Gasteiger partial charge in [0, 0.05) is 10.6 Å². The lowest BCUT2D eigenvalue weighted by Crippen LogP contribution is -2.41. The molecular formula is C17H17FN2O2. The summed E-state index contributed by atoms with van der Waals surface area (Å²) in [5.41, 5.74) is 2.63. The van der Waals surface area contributed by atoms with E-state index in [9.17, 15) is 14.5 Å². The molecule has 2 aromatic carbocycles. The van der Waals surface area contributed by atoms with E-state index in [1.807, 2.05) is 31.2 Å². The standard InChI is InChI=1S/C17H17FN2O2/c1-2-13-14-5-3-4-6-15(14)19-16(17(13)20(21)22)11-7-9-12(18)10-8-11/h3-10,13,16-17,19H,2H2,1H3/t13-,16-,17-/m1/s1. The molecule has 3 rings (SSSR count). The van der Waals surface area contributed by atoms with Crippen molar-refractivity contribution in [2.24, 2.45) is 0 Å². The van der Waals surface area contributed by atoms with Crippen LogP contribution in [0.1, 0.15) is 36.4 Å². The summed E-state index contributed by atoms with van der Waals surface area (Å²) in [4.78, 5) is 11.5. The van der Waals surface area contributed by atoms with Gasteiger partial charge in [-0.1, -0.05) is 37.3 Å². The van der Waals surface area contributed by atoms with Crippen LogP contribution in [-0.4, -0.2) is 11.0 Å². The van der Waals surface area contributed by atoms with Gasteiger partial charge < -0.3 is 5.32 Å². The second-order valence-electron chi connectivity index (χ2n) is 5.55. The molecule has 0 aliphatic carbocycles. The number of rotatable bonds is 3. The molecule has 1 aliphatic heterocycles. The highest BCUT2D eigenvalue weighted by atomic mass is 19.1. The van der Waals surface area contributed by atoms with Gasteiger partial charge >= 0.3 is 0 Å². The van der Waals surface area contributed by atoms with E-state index in [1.165, 1.54) is 12.1 Å². The Labute approximate surface area is 128 Å². The topological polar surface area (TPSA) is 55.2 Å². The largest absolute Gasteiger partial charge is 0.372 e. The van der Waals surface area contributed by atoms with E-state index in [0.29, 0.717) is 6.42 Å². The van der Waals surface area contributed by atoms with E-state index in [0.717, 1.165) is 16.8 Å². The lowest BCUT2D eigenvalue weighted by Gasteiger charge is -2.35. The summed E-state index contributed by atoms with van der Waals surface area (Å²) in [6.45, 7) is 1.96. The van der Waals surface area contributed by atoms with Crippen LogP contribution in [0, 0.1) is 15.9 Å². The Morgan fingerprint density at radius 1 is 1.18 bits per heavy atom. The van der Waals surface area contributed by atoms with E-state index >= 15 is 0 Å². The highest BCUT2D eigenvalue weighted by Gasteiger charge is 2.44. The first-order chi connectivity index (χ1) is 10.6. The summed E-state index contributed by atoms with van der Waals surface area (Å²) < 4.78 is 13.1. The van der Waals surface area contributed by atoms with Crippen molar-refractivity contribution in [1.29, 1.82) is 0 Å². The first-order valence-electron chi connectivity index (χ1n) is 7.36. The van der Waals surface area contributed by atoms with Crippen molar-refractivity contribution >= 4 is 5.69 Å². The van der Waals surface area contributed by atoms with Crippen LogP contribution in [0.5, 0.6) is 0 Å². The molecule has 1 N–H and O–H groups in total. The van der Waals surface area contributed by atoms with Gasteiger partial charge in [-0.25, -0.2) is 4.39 Å². The van der Waals surface area contributed by atoms with Crippen molar-refractivity contribution in [3.8, 4) is 0 Å². The maximum Gasteiger partial charge on any atom is 0.243 e. The van der Waals surface area contributed by atoms with Gasteiger partial charge in [0.15, 0.2) is 0 Å². The number of nitrogens with zero attached hydrogens (tertiary/aromatic N) is 1. The molecule has 0 bridgehead atoms. The molecule has 0 spiro atoms. The Morgan fingerprint density at radius 2 is 1.86 bits per heavy atom. The van der Waals surface area contributed by atoms with E-state index in [2.05, 4.69) is 5.32 Å². The number of hydrogen-bond donors (Lipinski definition) is 1. The fourth-order valence-corrected chi connectivity index (χ4v) is 3.30. The Morgan fingerprint density at radius 3 is 2.50 bits per heavy atom. The zero-order chi connectivity index (χ0) is 15.7. The van der Waals surface area contributed by atoms with Gasteiger partial charge in [0.05, 0.1) is 5.92 Å². The summed E-state index contributed by atoms with van der Waals surface area (Å²) in [7, 11) is 0. The van der Waals surface area contributed by atoms with Gasteiger partial charge in [-0.3, -0.25) is 10.1 Å². The van der Waals surface area contributed by atoms with E-state index < -0.39 is 12.1 Å². The van der Waals surface area contributed by atoms with Crippen LogP contribution in [-0.2, 0) is 0 Å². The van der Waals surface area contributed by atoms with Crippen molar-refractivity contribution in [2.75, 3.05) is 5.32 Å². The van der Waals surface area contributed by atoms with E-state index in [-0.39, 0.29) is 16.7 Å². The average molecular weight is 300 g/mol. The van der Waals surface area contributed by atoms with Crippen molar-refractivity contribution in [3.63, 3.8) is 0 Å². The van der Waals surface area contributed by atoms with Crippen LogP contribution >= 0.6 is 0 Å². The molecule has 114 valence electrons. The van der Waals surface area contributed by atoms with E-state index in [1.54, 1.807) is 12.1 Å². The smallest absolute Gasteiger partial charge is 0.243 e. The Balaban J connectivity index is 2.09. The predicted molar refractivity (Wildman–Crippen MR) is 83.0 cm³/mol. The SMILES string of the molecule is CC[C@@H]1c2ccccc2N[C@H](c2ccc(F)cc2)[C@@H]1[N+](=O)[O-]. The van der Waals surface area contributed by atoms with Gasteiger partial charge in [0.1, 0.15) is 11.9 Å². The average Bonchev–Trinajstić information content (AvgIpc) is 2.53. The van der Waals surface area contributed by atoms with Crippen molar-refractivity contribution in [2.45, 2.75) is 31.3 Å². The van der Waals surface area contributed by atoms with Crippen LogP contribution < -0.4 is 5.32 Å². The van der Waals surface area contributed by atoms with Crippen molar-refractivity contribution in [1.82, 2.24) is 0 Å². The van der Waals surface area contributed by atoms with Gasteiger partial charge in [0.25, 0.3) is 0 Å². The van der Waals surface area contributed by atoms with Crippen molar-refractivity contribution in [3.05, 3.63) is 75.6 Å². The molecule has 1 heterocycles. The molecule has 0 fully saturated rings. The second-order valence-corrected chi connectivity index (χ2v) is 5.55. The lowest BCUT2D eigenvalue weighted by molar-refractivity contribution is -0.530. The fraction of sp³-hybridized carbons (Fsp3) is 0.294. The highest BCUT2D eigenvalue weighted by molar-refractivity contribution is 5.57. The minimum atomic E-state index is -0.773. The number of hydrogen-bond acceptors (Lipinski definition) is 3. The number of anilines is 1. The van der Waals surface area contributed by atoms with Crippen LogP contribution in [0.2, 0.25) is 0 Å². The summed E-state index contributed by atoms with van der Waals surface area (Å²) >= 11 is 0. The molecule has 0 aromatic heterocycles. The zero-order valence-corrected chi connectivity index (χ0v) is 12.2. The van der Waals surface area contributed by atoms with Gasteiger partial charge in [0.2, 0.25) is 6.04 Å². The summed E-state index contributed by atoms with van der Waals surface area (Å²) in [5, 5.41) is 14.9. The number of nitro groups is 1. The summed E-state index contributed by atoms with van der Waals surface area (Å²) in [6.07, 6.45) is 0.683. The van der Waals surface area contributed by atoms with Crippen LogP contribution in [0.4, 0.5) is 10.1 Å². The molecule has 0 amide bonds. The third-order valence-electron chi connectivity index (χ3n) is 4.34. The first-order valence-corrected chi connectivity index (χ1v) is 7.36. The normalized spacial score (nSPS) is 23.5. The number of fused-ring (bicyclic) bond motifs is 1. The predicted octanol–water partition coefficient (Wildman–Crippen LogP) is 4.13. The molecular weight excluding hydrogens is 283 g/mol. The molecule has 4 nitrogen and oxygen atoms in total. The van der Waals surface area contributed by atoms with Crippen LogP contribution in [0.15, 0.2) is 48.5 Å². The molecule has 1 aliphatic rings. The maximum absolute atomic E-state index is 13.1. The molecule has 0 unspecified atom stereocenters. The lowest BCUT2D eigenvalue weighted by atomic mass is 9.79. The van der Waals surface area contributed by atoms with Crippen LogP contribution in [0.25, 0.3) is 0 Å². The minimum Gasteiger partial charge on any atom is -0.372 e. The van der Waals surface area contributed by atoms with Crippen LogP contribution in [0.3, 0.4) is 0 Å².